The van der Waals surface area contributed by atoms with E-state index in [2.05, 4.69) is 24.2 Å². The summed E-state index contributed by atoms with van der Waals surface area (Å²) in [4.78, 5) is 0. The molecule has 4 nitrogen and oxygen atoms in total. The highest BCUT2D eigenvalue weighted by atomic mass is 15.4. The first-order chi connectivity index (χ1) is 5.13. The maximum Gasteiger partial charge on any atom is 0.0753 e. The first-order valence-electron chi connectivity index (χ1n) is 3.73. The molecule has 1 rings (SSSR count). The Labute approximate surface area is 66.4 Å². The summed E-state index contributed by atoms with van der Waals surface area (Å²) in [7, 11) is 1.85. The van der Waals surface area contributed by atoms with Crippen LogP contribution in [0, 0.1) is 5.92 Å². The second-order valence-corrected chi connectivity index (χ2v) is 3.05. The molecular formula is C7H14N4. The van der Waals surface area contributed by atoms with E-state index in [9.17, 15) is 0 Å². The van der Waals surface area contributed by atoms with Gasteiger partial charge >= 0.3 is 0 Å². The smallest absolute Gasteiger partial charge is 0.0753 e. The van der Waals surface area contributed by atoms with Crippen molar-refractivity contribution >= 4 is 0 Å². The summed E-state index contributed by atoms with van der Waals surface area (Å²) in [5.41, 5.74) is 6.87. The summed E-state index contributed by atoms with van der Waals surface area (Å²) in [5, 5.41) is 7.56. The Morgan fingerprint density at radius 3 is 2.55 bits per heavy atom. The zero-order valence-corrected chi connectivity index (χ0v) is 7.15. The predicted octanol–water partition coefficient (Wildman–Crippen LogP) is 0.471. The summed E-state index contributed by atoms with van der Waals surface area (Å²) in [6, 6.07) is 0.0370. The molecule has 0 aliphatic rings. The van der Waals surface area contributed by atoms with E-state index in [0.29, 0.717) is 5.92 Å². The molecule has 1 atom stereocenters. The Bertz CT molecular complexity index is 228. The molecule has 2 N–H and O–H groups in total. The normalized spacial score (nSPS) is 13.9. The third-order valence-electron chi connectivity index (χ3n) is 1.81. The molecular weight excluding hydrogens is 140 g/mol. The molecule has 11 heavy (non-hydrogen) atoms. The fourth-order valence-corrected chi connectivity index (χ4v) is 0.941. The molecule has 0 bridgehead atoms. The van der Waals surface area contributed by atoms with Crippen LogP contribution in [0.2, 0.25) is 0 Å². The lowest BCUT2D eigenvalue weighted by Crippen LogP contribution is -2.19. The first kappa shape index (κ1) is 8.20. The minimum Gasteiger partial charge on any atom is -0.322 e. The number of nitrogens with zero attached hydrogens (tertiary/aromatic N) is 3. The van der Waals surface area contributed by atoms with Crippen molar-refractivity contribution < 1.29 is 0 Å². The highest BCUT2D eigenvalue weighted by Crippen LogP contribution is 2.15. The number of hydrogen-bond donors (Lipinski definition) is 1. The molecule has 0 aliphatic heterocycles. The molecule has 0 aromatic carbocycles. The third-order valence-corrected chi connectivity index (χ3v) is 1.81. The monoisotopic (exact) mass is 154 g/mol. The van der Waals surface area contributed by atoms with Gasteiger partial charge in [0.05, 0.1) is 17.9 Å². The van der Waals surface area contributed by atoms with E-state index in [1.165, 1.54) is 0 Å². The highest BCUT2D eigenvalue weighted by Gasteiger charge is 2.13. The summed E-state index contributed by atoms with van der Waals surface area (Å²) in [5.74, 6) is 0.423. The second kappa shape index (κ2) is 3.00. The van der Waals surface area contributed by atoms with Crippen LogP contribution in [0.5, 0.6) is 0 Å². The molecule has 0 aliphatic carbocycles. The Hall–Kier alpha value is -0.900. The fraction of sp³-hybridized carbons (Fsp3) is 0.714. The molecule has 1 heterocycles. The van der Waals surface area contributed by atoms with Gasteiger partial charge in [-0.3, -0.25) is 4.68 Å². The van der Waals surface area contributed by atoms with Gasteiger partial charge in [-0.2, -0.15) is 0 Å². The summed E-state index contributed by atoms with van der Waals surface area (Å²) < 4.78 is 1.71. The zero-order valence-electron chi connectivity index (χ0n) is 7.15. The average Bonchev–Trinajstić information content (AvgIpc) is 2.33. The van der Waals surface area contributed by atoms with Crippen LogP contribution in [-0.4, -0.2) is 15.0 Å². The maximum atomic E-state index is 5.88. The van der Waals surface area contributed by atoms with E-state index in [4.69, 9.17) is 5.73 Å². The van der Waals surface area contributed by atoms with E-state index in [-0.39, 0.29) is 6.04 Å². The predicted molar refractivity (Wildman–Crippen MR) is 42.8 cm³/mol. The molecule has 0 spiro atoms. The standard InChI is InChI=1S/C7H14N4/c1-5(2)7(8)6-4-9-10-11(6)3/h4-5,7H,8H2,1-3H3. The van der Waals surface area contributed by atoms with Crippen LogP contribution in [0.15, 0.2) is 6.20 Å². The number of aromatic nitrogens is 3. The molecule has 0 amide bonds. The quantitative estimate of drug-likeness (QED) is 0.673. The lowest BCUT2D eigenvalue weighted by Gasteiger charge is -2.14. The van der Waals surface area contributed by atoms with Crippen LogP contribution in [0.1, 0.15) is 25.6 Å². The molecule has 4 heteroatoms. The van der Waals surface area contributed by atoms with Crippen molar-refractivity contribution in [3.8, 4) is 0 Å². The Morgan fingerprint density at radius 2 is 2.18 bits per heavy atom. The van der Waals surface area contributed by atoms with Crippen molar-refractivity contribution in [2.75, 3.05) is 0 Å². The summed E-state index contributed by atoms with van der Waals surface area (Å²) in [6.07, 6.45) is 1.71. The Balaban J connectivity index is 2.84. The van der Waals surface area contributed by atoms with Gasteiger partial charge in [-0.25, -0.2) is 0 Å². The number of aryl methyl sites for hydroxylation is 1. The molecule has 62 valence electrons. The maximum absolute atomic E-state index is 5.88. The van der Waals surface area contributed by atoms with Crippen LogP contribution in [0.3, 0.4) is 0 Å². The Morgan fingerprint density at radius 1 is 1.55 bits per heavy atom. The Kier molecular flexibility index (Phi) is 2.24. The van der Waals surface area contributed by atoms with Gasteiger partial charge in [0.1, 0.15) is 0 Å². The summed E-state index contributed by atoms with van der Waals surface area (Å²) in [6.45, 7) is 4.16. The number of hydrogen-bond acceptors (Lipinski definition) is 3. The molecule has 0 saturated heterocycles. The van der Waals surface area contributed by atoms with Gasteiger partial charge in [0.2, 0.25) is 0 Å². The van der Waals surface area contributed by atoms with E-state index in [0.717, 1.165) is 5.69 Å². The minimum atomic E-state index is 0.0370. The lowest BCUT2D eigenvalue weighted by atomic mass is 10.0. The molecule has 1 aromatic heterocycles. The second-order valence-electron chi connectivity index (χ2n) is 3.05. The third kappa shape index (κ3) is 1.57. The number of nitrogens with two attached hydrogens (primary N) is 1. The van der Waals surface area contributed by atoms with Crippen molar-refractivity contribution in [3.63, 3.8) is 0 Å². The van der Waals surface area contributed by atoms with Crippen LogP contribution < -0.4 is 5.73 Å². The largest absolute Gasteiger partial charge is 0.322 e. The van der Waals surface area contributed by atoms with Crippen LogP contribution in [0.4, 0.5) is 0 Å². The minimum absolute atomic E-state index is 0.0370. The fourth-order valence-electron chi connectivity index (χ4n) is 0.941. The molecule has 0 fully saturated rings. The average molecular weight is 154 g/mol. The van der Waals surface area contributed by atoms with Gasteiger partial charge in [-0.15, -0.1) is 5.10 Å². The SMILES string of the molecule is CC(C)C(N)c1cnnn1C. The van der Waals surface area contributed by atoms with Crippen LogP contribution in [-0.2, 0) is 7.05 Å². The van der Waals surface area contributed by atoms with E-state index < -0.39 is 0 Å². The van der Waals surface area contributed by atoms with Crippen LogP contribution >= 0.6 is 0 Å². The van der Waals surface area contributed by atoms with Gasteiger partial charge in [0.25, 0.3) is 0 Å². The van der Waals surface area contributed by atoms with Crippen molar-refractivity contribution in [1.29, 1.82) is 0 Å². The van der Waals surface area contributed by atoms with Crippen LogP contribution in [0.25, 0.3) is 0 Å². The van der Waals surface area contributed by atoms with Crippen molar-refractivity contribution in [1.82, 2.24) is 15.0 Å². The summed E-state index contributed by atoms with van der Waals surface area (Å²) >= 11 is 0. The van der Waals surface area contributed by atoms with Gasteiger partial charge in [0, 0.05) is 7.05 Å². The van der Waals surface area contributed by atoms with Gasteiger partial charge in [-0.1, -0.05) is 19.1 Å². The highest BCUT2D eigenvalue weighted by molar-refractivity contribution is 5.01. The van der Waals surface area contributed by atoms with Crippen molar-refractivity contribution in [3.05, 3.63) is 11.9 Å². The van der Waals surface area contributed by atoms with Gasteiger partial charge in [-0.05, 0) is 5.92 Å². The van der Waals surface area contributed by atoms with Gasteiger partial charge in [0.15, 0.2) is 0 Å². The van der Waals surface area contributed by atoms with Gasteiger partial charge < -0.3 is 5.73 Å². The van der Waals surface area contributed by atoms with E-state index >= 15 is 0 Å². The zero-order chi connectivity index (χ0) is 8.43. The first-order valence-corrected chi connectivity index (χ1v) is 3.73. The molecule has 0 radical (unpaired) electrons. The molecule has 0 saturated carbocycles. The van der Waals surface area contributed by atoms with Crippen molar-refractivity contribution in [2.45, 2.75) is 19.9 Å². The van der Waals surface area contributed by atoms with E-state index in [1.54, 1.807) is 10.9 Å². The number of rotatable bonds is 2. The lowest BCUT2D eigenvalue weighted by molar-refractivity contribution is 0.479. The topological polar surface area (TPSA) is 56.7 Å². The van der Waals surface area contributed by atoms with Crippen molar-refractivity contribution in [2.24, 2.45) is 18.7 Å². The molecule has 1 unspecified atom stereocenters. The molecule has 1 aromatic rings. The van der Waals surface area contributed by atoms with E-state index in [1.807, 2.05) is 7.05 Å².